The minimum absolute atomic E-state index is 0.0973. The lowest BCUT2D eigenvalue weighted by Crippen LogP contribution is -2.29. The fourth-order valence-corrected chi connectivity index (χ4v) is 1.68. The fraction of sp³-hybridized carbons (Fsp3) is 0.636. The van der Waals surface area contributed by atoms with E-state index in [-0.39, 0.29) is 5.91 Å². The number of hydrogen-bond acceptors (Lipinski definition) is 4. The van der Waals surface area contributed by atoms with Crippen molar-refractivity contribution in [1.29, 1.82) is 0 Å². The molecule has 6 heteroatoms. The Hall–Kier alpha value is -1.40. The zero-order valence-corrected chi connectivity index (χ0v) is 10.5. The van der Waals surface area contributed by atoms with Crippen molar-refractivity contribution in [1.82, 2.24) is 20.1 Å². The summed E-state index contributed by atoms with van der Waals surface area (Å²) in [6.07, 6.45) is 6.23. The monoisotopic (exact) mass is 239 g/mol. The van der Waals surface area contributed by atoms with E-state index >= 15 is 0 Å². The topological polar surface area (TPSA) is 76.2 Å². The molecule has 1 aromatic heterocycles. The summed E-state index contributed by atoms with van der Waals surface area (Å²) in [5.74, 6) is 4.90. The van der Waals surface area contributed by atoms with Gasteiger partial charge in [0.15, 0.2) is 0 Å². The van der Waals surface area contributed by atoms with Gasteiger partial charge in [-0.2, -0.15) is 5.10 Å². The second kappa shape index (κ2) is 7.03. The number of hydrazine groups is 1. The van der Waals surface area contributed by atoms with Crippen LogP contribution < -0.4 is 11.3 Å². The molecule has 0 bridgehead atoms. The average molecular weight is 239 g/mol. The summed E-state index contributed by atoms with van der Waals surface area (Å²) in [6.45, 7) is 1.85. The van der Waals surface area contributed by atoms with E-state index in [1.165, 1.54) is 5.56 Å². The zero-order chi connectivity index (χ0) is 12.7. The molecule has 0 spiro atoms. The van der Waals surface area contributed by atoms with Crippen molar-refractivity contribution in [3.8, 4) is 0 Å². The molecule has 0 aliphatic carbocycles. The second-order valence-corrected chi connectivity index (χ2v) is 4.28. The van der Waals surface area contributed by atoms with Crippen molar-refractivity contribution in [2.75, 3.05) is 13.6 Å². The molecule has 17 heavy (non-hydrogen) atoms. The molecule has 1 heterocycles. The summed E-state index contributed by atoms with van der Waals surface area (Å²) in [5.41, 5.74) is 3.34. The van der Waals surface area contributed by atoms with Crippen molar-refractivity contribution in [2.24, 2.45) is 12.9 Å². The third-order valence-electron chi connectivity index (χ3n) is 2.57. The van der Waals surface area contributed by atoms with Crippen LogP contribution in [0.25, 0.3) is 0 Å². The molecule has 0 radical (unpaired) electrons. The molecule has 1 aromatic rings. The predicted molar refractivity (Wildman–Crippen MR) is 65.7 cm³/mol. The molecule has 6 nitrogen and oxygen atoms in total. The van der Waals surface area contributed by atoms with Gasteiger partial charge in [-0.3, -0.25) is 14.9 Å². The number of aryl methyl sites for hydroxylation is 1. The molecule has 0 saturated heterocycles. The summed E-state index contributed by atoms with van der Waals surface area (Å²) in [6, 6.07) is 0. The predicted octanol–water partition coefficient (Wildman–Crippen LogP) is 0.0121. The maximum absolute atomic E-state index is 10.9. The molecule has 0 atom stereocenters. The van der Waals surface area contributed by atoms with Crippen LogP contribution in [0, 0.1) is 0 Å². The van der Waals surface area contributed by atoms with Gasteiger partial charge in [0.25, 0.3) is 0 Å². The molecule has 3 N–H and O–H groups in total. The summed E-state index contributed by atoms with van der Waals surface area (Å²) in [5, 5.41) is 4.12. The van der Waals surface area contributed by atoms with Crippen molar-refractivity contribution < 1.29 is 4.79 Å². The normalized spacial score (nSPS) is 10.8. The lowest BCUT2D eigenvalue weighted by molar-refractivity contribution is -0.121. The maximum Gasteiger partial charge on any atom is 0.233 e. The third-order valence-corrected chi connectivity index (χ3v) is 2.57. The number of amides is 1. The van der Waals surface area contributed by atoms with Gasteiger partial charge in [-0.1, -0.05) is 0 Å². The quantitative estimate of drug-likeness (QED) is 0.304. The Balaban J connectivity index is 2.13. The average Bonchev–Trinajstić information content (AvgIpc) is 2.69. The Bertz CT molecular complexity index is 349. The van der Waals surface area contributed by atoms with E-state index in [0.29, 0.717) is 6.42 Å². The van der Waals surface area contributed by atoms with Crippen LogP contribution in [-0.2, 0) is 18.4 Å². The van der Waals surface area contributed by atoms with Gasteiger partial charge in [0.2, 0.25) is 5.91 Å². The third kappa shape index (κ3) is 5.46. The number of nitrogens with one attached hydrogen (secondary N) is 1. The van der Waals surface area contributed by atoms with Gasteiger partial charge < -0.3 is 4.90 Å². The van der Waals surface area contributed by atoms with Gasteiger partial charge in [-0.05, 0) is 26.4 Å². The van der Waals surface area contributed by atoms with Crippen LogP contribution in [0.1, 0.15) is 24.8 Å². The van der Waals surface area contributed by atoms with Crippen LogP contribution in [0.15, 0.2) is 12.4 Å². The Morgan fingerprint density at radius 3 is 2.94 bits per heavy atom. The number of carbonyl (C=O) groups excluding carboxylic acids is 1. The molecule has 0 aromatic carbocycles. The lowest BCUT2D eigenvalue weighted by Gasteiger charge is -2.14. The van der Waals surface area contributed by atoms with E-state index in [2.05, 4.69) is 22.5 Å². The Morgan fingerprint density at radius 2 is 2.35 bits per heavy atom. The van der Waals surface area contributed by atoms with Crippen molar-refractivity contribution in [3.63, 3.8) is 0 Å². The Kier molecular flexibility index (Phi) is 5.65. The highest BCUT2D eigenvalue weighted by molar-refractivity contribution is 5.75. The second-order valence-electron chi connectivity index (χ2n) is 4.28. The Morgan fingerprint density at radius 1 is 1.59 bits per heavy atom. The van der Waals surface area contributed by atoms with Gasteiger partial charge in [0, 0.05) is 31.8 Å². The van der Waals surface area contributed by atoms with Gasteiger partial charge in [-0.15, -0.1) is 0 Å². The van der Waals surface area contributed by atoms with Crippen LogP contribution >= 0.6 is 0 Å². The molecule has 0 aliphatic heterocycles. The van der Waals surface area contributed by atoms with Gasteiger partial charge in [0.1, 0.15) is 0 Å². The zero-order valence-electron chi connectivity index (χ0n) is 10.5. The first kappa shape index (κ1) is 13.7. The molecule has 0 aliphatic rings. The van der Waals surface area contributed by atoms with Gasteiger partial charge in [-0.25, -0.2) is 5.84 Å². The minimum atomic E-state index is -0.0973. The van der Waals surface area contributed by atoms with E-state index in [1.807, 2.05) is 19.4 Å². The molecule has 0 fully saturated rings. The van der Waals surface area contributed by atoms with E-state index in [1.54, 1.807) is 4.68 Å². The van der Waals surface area contributed by atoms with Crippen LogP contribution in [0.5, 0.6) is 0 Å². The summed E-state index contributed by atoms with van der Waals surface area (Å²) in [7, 11) is 3.98. The van der Waals surface area contributed by atoms with E-state index < -0.39 is 0 Å². The van der Waals surface area contributed by atoms with Crippen molar-refractivity contribution in [3.05, 3.63) is 18.0 Å². The lowest BCUT2D eigenvalue weighted by atomic mass is 10.2. The molecular formula is C11H21N5O. The first-order valence-corrected chi connectivity index (χ1v) is 5.77. The fourth-order valence-electron chi connectivity index (χ4n) is 1.68. The molecule has 0 unspecified atom stereocenters. The molecular weight excluding hydrogens is 218 g/mol. The molecule has 0 saturated carbocycles. The SMILES string of the molecule is CN(CCCCC(=O)NN)Cc1cnn(C)c1. The number of unbranched alkanes of at least 4 members (excludes halogenated alkanes) is 1. The maximum atomic E-state index is 10.9. The van der Waals surface area contributed by atoms with Crippen LogP contribution in [0.4, 0.5) is 0 Å². The van der Waals surface area contributed by atoms with Crippen molar-refractivity contribution >= 4 is 5.91 Å². The van der Waals surface area contributed by atoms with Crippen LogP contribution in [0.3, 0.4) is 0 Å². The van der Waals surface area contributed by atoms with E-state index in [9.17, 15) is 4.79 Å². The number of nitrogens with two attached hydrogens (primary N) is 1. The number of nitrogens with zero attached hydrogens (tertiary/aromatic N) is 3. The van der Waals surface area contributed by atoms with E-state index in [0.717, 1.165) is 25.9 Å². The highest BCUT2D eigenvalue weighted by Gasteiger charge is 2.03. The first-order valence-electron chi connectivity index (χ1n) is 5.77. The largest absolute Gasteiger partial charge is 0.302 e. The standard InChI is InChI=1S/C11H21N5O/c1-15(6-4-3-5-11(17)14-12)8-10-7-13-16(2)9-10/h7,9H,3-6,8,12H2,1-2H3,(H,14,17). The number of carbonyl (C=O) groups is 1. The number of aromatic nitrogens is 2. The van der Waals surface area contributed by atoms with Gasteiger partial charge >= 0.3 is 0 Å². The molecule has 1 amide bonds. The molecule has 96 valence electrons. The number of rotatable bonds is 7. The summed E-state index contributed by atoms with van der Waals surface area (Å²) < 4.78 is 1.80. The molecule has 1 rings (SSSR count). The smallest absolute Gasteiger partial charge is 0.233 e. The van der Waals surface area contributed by atoms with E-state index in [4.69, 9.17) is 5.84 Å². The summed E-state index contributed by atoms with van der Waals surface area (Å²) >= 11 is 0. The minimum Gasteiger partial charge on any atom is -0.302 e. The number of hydrogen-bond donors (Lipinski definition) is 2. The van der Waals surface area contributed by atoms with Crippen LogP contribution in [0.2, 0.25) is 0 Å². The first-order chi connectivity index (χ1) is 8.11. The summed E-state index contributed by atoms with van der Waals surface area (Å²) in [4.78, 5) is 13.1. The van der Waals surface area contributed by atoms with Crippen LogP contribution in [-0.4, -0.2) is 34.2 Å². The highest BCUT2D eigenvalue weighted by atomic mass is 16.2. The highest BCUT2D eigenvalue weighted by Crippen LogP contribution is 2.03. The van der Waals surface area contributed by atoms with Gasteiger partial charge in [0.05, 0.1) is 6.20 Å². The Labute approximate surface area is 102 Å². The van der Waals surface area contributed by atoms with Crippen molar-refractivity contribution in [2.45, 2.75) is 25.8 Å².